The third kappa shape index (κ3) is 2.76. The zero-order valence-electron chi connectivity index (χ0n) is 10.2. The minimum absolute atomic E-state index is 0.384. The van der Waals surface area contributed by atoms with Crippen molar-refractivity contribution in [3.63, 3.8) is 0 Å². The lowest BCUT2D eigenvalue weighted by atomic mass is 9.99. The van der Waals surface area contributed by atoms with E-state index in [2.05, 4.69) is 9.59 Å². The highest BCUT2D eigenvalue weighted by Gasteiger charge is 2.31. The van der Waals surface area contributed by atoms with Crippen molar-refractivity contribution in [3.8, 4) is 0 Å². The molecule has 0 spiro atoms. The van der Waals surface area contributed by atoms with Gasteiger partial charge >= 0.3 is 6.18 Å². The first kappa shape index (κ1) is 14.0. The molecule has 19 heavy (non-hydrogen) atoms. The monoisotopic (exact) mass is 288 g/mol. The van der Waals surface area contributed by atoms with Gasteiger partial charge in [0.05, 0.1) is 16.1 Å². The molecule has 1 unspecified atom stereocenters. The summed E-state index contributed by atoms with van der Waals surface area (Å²) in [5.74, 6) is 0. The Balaban J connectivity index is 2.39. The van der Waals surface area contributed by atoms with Crippen molar-refractivity contribution >= 4 is 11.5 Å². The molecule has 0 bridgehead atoms. The minimum atomic E-state index is -4.38. The van der Waals surface area contributed by atoms with Crippen molar-refractivity contribution in [2.24, 2.45) is 0 Å². The number of aliphatic hydroxyl groups excluding tert-OH is 1. The van der Waals surface area contributed by atoms with Crippen molar-refractivity contribution < 1.29 is 18.3 Å². The Morgan fingerprint density at radius 3 is 2.42 bits per heavy atom. The second-order valence-electron chi connectivity index (χ2n) is 4.19. The van der Waals surface area contributed by atoms with Gasteiger partial charge in [-0.2, -0.15) is 13.2 Å². The molecule has 0 saturated heterocycles. The van der Waals surface area contributed by atoms with Gasteiger partial charge in [0.2, 0.25) is 0 Å². The summed E-state index contributed by atoms with van der Waals surface area (Å²) in [6.07, 6.45) is -5.38. The van der Waals surface area contributed by atoms with Crippen molar-refractivity contribution in [1.82, 2.24) is 9.59 Å². The highest BCUT2D eigenvalue weighted by molar-refractivity contribution is 7.05. The lowest BCUT2D eigenvalue weighted by Crippen LogP contribution is -2.08. The first-order chi connectivity index (χ1) is 8.80. The number of aliphatic hydroxyl groups is 1. The molecule has 0 fully saturated rings. The van der Waals surface area contributed by atoms with E-state index in [1.165, 1.54) is 13.0 Å². The number of halogens is 3. The van der Waals surface area contributed by atoms with E-state index in [9.17, 15) is 18.3 Å². The average molecular weight is 288 g/mol. The zero-order chi connectivity index (χ0) is 14.2. The molecule has 1 N–H and O–H groups in total. The van der Waals surface area contributed by atoms with Crippen LogP contribution < -0.4 is 0 Å². The van der Waals surface area contributed by atoms with Crippen LogP contribution in [-0.4, -0.2) is 14.7 Å². The maximum atomic E-state index is 12.6. The van der Waals surface area contributed by atoms with Crippen LogP contribution in [0.3, 0.4) is 0 Å². The molecule has 3 nitrogen and oxygen atoms in total. The molecule has 2 aromatic rings. The molecule has 1 atom stereocenters. The third-order valence-corrected chi connectivity index (χ3v) is 3.71. The molecule has 0 saturated carbocycles. The van der Waals surface area contributed by atoms with Crippen molar-refractivity contribution in [1.29, 1.82) is 0 Å². The first-order valence-electron chi connectivity index (χ1n) is 5.45. The van der Waals surface area contributed by atoms with Gasteiger partial charge in [-0.25, -0.2) is 0 Å². The summed E-state index contributed by atoms with van der Waals surface area (Å²) < 4.78 is 41.4. The Morgan fingerprint density at radius 2 is 1.95 bits per heavy atom. The van der Waals surface area contributed by atoms with Gasteiger partial charge in [0, 0.05) is 0 Å². The van der Waals surface area contributed by atoms with Crippen LogP contribution in [0, 0.1) is 13.8 Å². The van der Waals surface area contributed by atoms with Crippen LogP contribution in [0.1, 0.15) is 33.4 Å². The summed E-state index contributed by atoms with van der Waals surface area (Å²) in [5, 5.41) is 14.0. The Kier molecular flexibility index (Phi) is 3.60. The summed E-state index contributed by atoms with van der Waals surface area (Å²) in [4.78, 5) is 0.544. The summed E-state index contributed by atoms with van der Waals surface area (Å²) in [7, 11) is 0. The molecule has 0 aliphatic carbocycles. The lowest BCUT2D eigenvalue weighted by molar-refractivity contribution is -0.137. The largest absolute Gasteiger partial charge is 0.416 e. The minimum Gasteiger partial charge on any atom is -0.383 e. The molecule has 0 radical (unpaired) electrons. The van der Waals surface area contributed by atoms with E-state index in [1.54, 1.807) is 6.92 Å². The summed E-state index contributed by atoms with van der Waals surface area (Å²) in [5.41, 5.74) is 0.675. The van der Waals surface area contributed by atoms with Crippen LogP contribution in [0.2, 0.25) is 0 Å². The molecule has 1 aromatic carbocycles. The van der Waals surface area contributed by atoms with Gasteiger partial charge in [-0.05, 0) is 48.6 Å². The molecule has 102 valence electrons. The predicted molar refractivity (Wildman–Crippen MR) is 64.9 cm³/mol. The predicted octanol–water partition coefficient (Wildman–Crippen LogP) is 3.26. The van der Waals surface area contributed by atoms with Gasteiger partial charge in [-0.3, -0.25) is 0 Å². The van der Waals surface area contributed by atoms with Crippen molar-refractivity contribution in [2.45, 2.75) is 26.1 Å². The highest BCUT2D eigenvalue weighted by Crippen LogP contribution is 2.34. The molecular weight excluding hydrogens is 277 g/mol. The van der Waals surface area contributed by atoms with E-state index in [0.717, 1.165) is 23.7 Å². The normalized spacial score (nSPS) is 13.6. The maximum Gasteiger partial charge on any atom is 0.416 e. The Labute approximate surface area is 111 Å². The fraction of sp³-hybridized carbons (Fsp3) is 0.333. The number of aryl methyl sites for hydroxylation is 2. The smallest absolute Gasteiger partial charge is 0.383 e. The van der Waals surface area contributed by atoms with Gasteiger partial charge < -0.3 is 5.11 Å². The molecule has 0 aliphatic heterocycles. The Morgan fingerprint density at radius 1 is 1.26 bits per heavy atom. The second kappa shape index (κ2) is 4.90. The number of nitrogens with zero attached hydrogens (tertiary/aromatic N) is 2. The van der Waals surface area contributed by atoms with E-state index >= 15 is 0 Å². The SMILES string of the molecule is Cc1cc(C(F)(F)F)ccc1C(O)c1snnc1C. The number of aromatic nitrogens is 2. The van der Waals surface area contributed by atoms with E-state index in [-0.39, 0.29) is 0 Å². The second-order valence-corrected chi connectivity index (χ2v) is 4.98. The standard InChI is InChI=1S/C12H11F3N2OS/c1-6-5-8(12(13,14)15)3-4-9(6)10(18)11-7(2)16-17-19-11/h3-5,10,18H,1-2H3. The maximum absolute atomic E-state index is 12.6. The number of benzene rings is 1. The lowest BCUT2D eigenvalue weighted by Gasteiger charge is -2.14. The van der Waals surface area contributed by atoms with Gasteiger partial charge in [0.25, 0.3) is 0 Å². The number of hydrogen-bond acceptors (Lipinski definition) is 4. The van der Waals surface area contributed by atoms with E-state index in [1.807, 2.05) is 0 Å². The van der Waals surface area contributed by atoms with Gasteiger partial charge in [-0.1, -0.05) is 10.6 Å². The van der Waals surface area contributed by atoms with Crippen molar-refractivity contribution in [2.75, 3.05) is 0 Å². The van der Waals surface area contributed by atoms with Gasteiger partial charge in [0.1, 0.15) is 6.10 Å². The topological polar surface area (TPSA) is 46.0 Å². The highest BCUT2D eigenvalue weighted by atomic mass is 32.1. The molecule has 1 aromatic heterocycles. The zero-order valence-corrected chi connectivity index (χ0v) is 11.0. The quantitative estimate of drug-likeness (QED) is 0.922. The van der Waals surface area contributed by atoms with Crippen LogP contribution in [0.4, 0.5) is 13.2 Å². The number of rotatable bonds is 2. The van der Waals surface area contributed by atoms with E-state index in [4.69, 9.17) is 0 Å². The Hall–Kier alpha value is -1.47. The third-order valence-electron chi connectivity index (χ3n) is 2.83. The fourth-order valence-electron chi connectivity index (χ4n) is 1.79. The summed E-state index contributed by atoms with van der Waals surface area (Å²) in [6.45, 7) is 3.24. The number of hydrogen-bond donors (Lipinski definition) is 1. The van der Waals surface area contributed by atoms with E-state index < -0.39 is 17.8 Å². The van der Waals surface area contributed by atoms with Gasteiger partial charge in [0.15, 0.2) is 0 Å². The molecule has 0 aliphatic rings. The number of alkyl halides is 3. The molecular formula is C12H11F3N2OS. The molecule has 2 rings (SSSR count). The van der Waals surface area contributed by atoms with Crippen LogP contribution in [0.5, 0.6) is 0 Å². The molecule has 7 heteroatoms. The average Bonchev–Trinajstić information content (AvgIpc) is 2.73. The van der Waals surface area contributed by atoms with Crippen LogP contribution >= 0.6 is 11.5 Å². The van der Waals surface area contributed by atoms with Crippen molar-refractivity contribution in [3.05, 3.63) is 45.5 Å². The van der Waals surface area contributed by atoms with Crippen LogP contribution in [0.25, 0.3) is 0 Å². The van der Waals surface area contributed by atoms with E-state index in [0.29, 0.717) is 21.7 Å². The van der Waals surface area contributed by atoms with Crippen LogP contribution in [0.15, 0.2) is 18.2 Å². The Bertz CT molecular complexity index is 595. The fourth-order valence-corrected chi connectivity index (χ4v) is 2.44. The molecule has 0 amide bonds. The summed E-state index contributed by atoms with van der Waals surface area (Å²) >= 11 is 1.04. The van der Waals surface area contributed by atoms with Crippen LogP contribution in [-0.2, 0) is 6.18 Å². The molecule has 1 heterocycles. The first-order valence-corrected chi connectivity index (χ1v) is 6.22. The van der Waals surface area contributed by atoms with Gasteiger partial charge in [-0.15, -0.1) is 5.10 Å². The summed E-state index contributed by atoms with van der Waals surface area (Å²) in [6, 6.07) is 3.29.